The first-order valence-electron chi connectivity index (χ1n) is 4.92. The number of nitrogens with two attached hydrogens (primary N) is 1. The molecule has 0 unspecified atom stereocenters. The van der Waals surface area contributed by atoms with Crippen LogP contribution < -0.4 is 11.1 Å². The van der Waals surface area contributed by atoms with Crippen molar-refractivity contribution < 1.29 is 9.53 Å². The summed E-state index contributed by atoms with van der Waals surface area (Å²) in [4.78, 5) is 11.8. The highest BCUT2D eigenvalue weighted by atomic mass is 79.9. The van der Waals surface area contributed by atoms with E-state index in [1.54, 1.807) is 19.2 Å². The summed E-state index contributed by atoms with van der Waals surface area (Å²) < 4.78 is 5.68. The Morgan fingerprint density at radius 3 is 2.88 bits per heavy atom. The van der Waals surface area contributed by atoms with Crippen LogP contribution in [0.4, 0.5) is 5.69 Å². The van der Waals surface area contributed by atoms with Crippen molar-refractivity contribution in [2.75, 3.05) is 19.0 Å². The fraction of sp³-hybridized carbons (Fsp3) is 0.273. The van der Waals surface area contributed by atoms with E-state index >= 15 is 0 Å². The van der Waals surface area contributed by atoms with Gasteiger partial charge >= 0.3 is 0 Å². The van der Waals surface area contributed by atoms with Crippen LogP contribution in [0, 0.1) is 0 Å². The van der Waals surface area contributed by atoms with Crippen molar-refractivity contribution in [1.29, 1.82) is 0 Å². The van der Waals surface area contributed by atoms with E-state index in [1.165, 1.54) is 0 Å². The van der Waals surface area contributed by atoms with E-state index in [1.807, 2.05) is 6.07 Å². The summed E-state index contributed by atoms with van der Waals surface area (Å²) in [5.74, 6) is -0.133. The van der Waals surface area contributed by atoms with Gasteiger partial charge in [0.2, 0.25) is 5.91 Å². The van der Waals surface area contributed by atoms with Crippen LogP contribution in [0.5, 0.6) is 0 Å². The van der Waals surface area contributed by atoms with Crippen LogP contribution >= 0.6 is 28.1 Å². The Morgan fingerprint density at radius 1 is 1.59 bits per heavy atom. The van der Waals surface area contributed by atoms with Crippen molar-refractivity contribution >= 4 is 44.7 Å². The van der Waals surface area contributed by atoms with Crippen LogP contribution in [0.15, 0.2) is 22.7 Å². The van der Waals surface area contributed by atoms with Crippen LogP contribution in [-0.2, 0) is 9.53 Å². The lowest BCUT2D eigenvalue weighted by molar-refractivity contribution is -0.117. The van der Waals surface area contributed by atoms with Crippen molar-refractivity contribution in [3.05, 3.63) is 28.2 Å². The molecule has 0 atom stereocenters. The van der Waals surface area contributed by atoms with E-state index < -0.39 is 0 Å². The number of halogens is 1. The van der Waals surface area contributed by atoms with Crippen LogP contribution in [0.25, 0.3) is 0 Å². The van der Waals surface area contributed by atoms with E-state index in [4.69, 9.17) is 22.7 Å². The highest BCUT2D eigenvalue weighted by molar-refractivity contribution is 9.10. The van der Waals surface area contributed by atoms with Crippen molar-refractivity contribution in [2.45, 2.75) is 6.42 Å². The number of nitrogens with one attached hydrogen (secondary N) is 1. The molecule has 6 heteroatoms. The Bertz CT molecular complexity index is 437. The zero-order chi connectivity index (χ0) is 12.8. The SMILES string of the molecule is COCCC(=O)Nc1ccc(Br)cc1C(N)=S. The summed E-state index contributed by atoms with van der Waals surface area (Å²) in [5, 5.41) is 2.75. The van der Waals surface area contributed by atoms with E-state index in [-0.39, 0.29) is 10.9 Å². The largest absolute Gasteiger partial charge is 0.389 e. The topological polar surface area (TPSA) is 64.3 Å². The minimum atomic E-state index is -0.133. The Kier molecular flexibility index (Phi) is 5.54. The van der Waals surface area contributed by atoms with Gasteiger partial charge in [-0.05, 0) is 18.2 Å². The first kappa shape index (κ1) is 14.1. The lowest BCUT2D eigenvalue weighted by Crippen LogP contribution is -2.18. The Labute approximate surface area is 114 Å². The molecule has 0 radical (unpaired) electrons. The van der Waals surface area contributed by atoms with Gasteiger partial charge in [-0.3, -0.25) is 4.79 Å². The quantitative estimate of drug-likeness (QED) is 0.816. The second-order valence-electron chi connectivity index (χ2n) is 3.35. The number of carbonyl (C=O) groups is 1. The molecule has 0 heterocycles. The summed E-state index contributed by atoms with van der Waals surface area (Å²) in [5.41, 5.74) is 6.85. The number of benzene rings is 1. The molecule has 17 heavy (non-hydrogen) atoms. The second kappa shape index (κ2) is 6.68. The van der Waals surface area contributed by atoms with Gasteiger partial charge < -0.3 is 15.8 Å². The number of methoxy groups -OCH3 is 1. The number of hydrogen-bond acceptors (Lipinski definition) is 3. The van der Waals surface area contributed by atoms with Crippen LogP contribution in [0.3, 0.4) is 0 Å². The van der Waals surface area contributed by atoms with Gasteiger partial charge in [0.1, 0.15) is 4.99 Å². The monoisotopic (exact) mass is 316 g/mol. The summed E-state index contributed by atoms with van der Waals surface area (Å²) in [7, 11) is 1.55. The number of carbonyl (C=O) groups excluding carboxylic acids is 1. The van der Waals surface area contributed by atoms with Crippen molar-refractivity contribution in [2.24, 2.45) is 5.73 Å². The Balaban J connectivity index is 2.83. The van der Waals surface area contributed by atoms with Crippen LogP contribution in [0.2, 0.25) is 0 Å². The first-order valence-corrected chi connectivity index (χ1v) is 6.13. The lowest BCUT2D eigenvalue weighted by atomic mass is 10.1. The summed E-state index contributed by atoms with van der Waals surface area (Å²) >= 11 is 8.26. The number of amides is 1. The van der Waals surface area contributed by atoms with Gasteiger partial charge in [-0.25, -0.2) is 0 Å². The molecule has 0 aromatic heterocycles. The van der Waals surface area contributed by atoms with E-state index in [2.05, 4.69) is 21.2 Å². The fourth-order valence-electron chi connectivity index (χ4n) is 1.24. The molecule has 0 fully saturated rings. The molecule has 0 aliphatic rings. The zero-order valence-electron chi connectivity index (χ0n) is 9.33. The van der Waals surface area contributed by atoms with E-state index in [9.17, 15) is 4.79 Å². The van der Waals surface area contributed by atoms with Gasteiger partial charge in [0.15, 0.2) is 0 Å². The molecule has 0 saturated carbocycles. The maximum absolute atomic E-state index is 11.5. The Morgan fingerprint density at radius 2 is 2.29 bits per heavy atom. The summed E-state index contributed by atoms with van der Waals surface area (Å²) in [6, 6.07) is 5.34. The molecule has 1 aromatic rings. The maximum Gasteiger partial charge on any atom is 0.226 e. The molecule has 1 rings (SSSR count). The molecule has 0 saturated heterocycles. The highest BCUT2D eigenvalue weighted by Gasteiger charge is 2.09. The number of thiocarbonyl (C=S) groups is 1. The van der Waals surface area contributed by atoms with E-state index in [0.29, 0.717) is 24.3 Å². The molecule has 4 nitrogen and oxygen atoms in total. The predicted octanol–water partition coefficient (Wildman–Crippen LogP) is 2.06. The molecule has 1 aromatic carbocycles. The van der Waals surface area contributed by atoms with Gasteiger partial charge in [0.05, 0.1) is 18.7 Å². The van der Waals surface area contributed by atoms with Crippen molar-refractivity contribution in [3.8, 4) is 0 Å². The number of rotatable bonds is 5. The van der Waals surface area contributed by atoms with Crippen LogP contribution in [-0.4, -0.2) is 24.6 Å². The Hall–Kier alpha value is -0.980. The van der Waals surface area contributed by atoms with Gasteiger partial charge in [0.25, 0.3) is 0 Å². The third-order valence-electron chi connectivity index (χ3n) is 2.05. The molecular weight excluding hydrogens is 304 g/mol. The third-order valence-corrected chi connectivity index (χ3v) is 2.77. The first-order chi connectivity index (χ1) is 8.04. The molecule has 0 bridgehead atoms. The number of hydrogen-bond donors (Lipinski definition) is 2. The molecule has 3 N–H and O–H groups in total. The third kappa shape index (κ3) is 4.41. The highest BCUT2D eigenvalue weighted by Crippen LogP contribution is 2.21. The zero-order valence-corrected chi connectivity index (χ0v) is 11.7. The van der Waals surface area contributed by atoms with Gasteiger partial charge in [-0.15, -0.1) is 0 Å². The minimum absolute atomic E-state index is 0.133. The molecule has 0 spiro atoms. The number of anilines is 1. The lowest BCUT2D eigenvalue weighted by Gasteiger charge is -2.10. The van der Waals surface area contributed by atoms with E-state index in [0.717, 1.165) is 4.47 Å². The van der Waals surface area contributed by atoms with Gasteiger partial charge in [-0.2, -0.15) is 0 Å². The normalized spacial score (nSPS) is 10.0. The standard InChI is InChI=1S/C11H13BrN2O2S/c1-16-5-4-10(15)14-9-3-2-7(12)6-8(9)11(13)17/h2-3,6H,4-5H2,1H3,(H2,13,17)(H,14,15). The van der Waals surface area contributed by atoms with Gasteiger partial charge in [-0.1, -0.05) is 28.1 Å². The smallest absolute Gasteiger partial charge is 0.226 e. The summed E-state index contributed by atoms with van der Waals surface area (Å²) in [6.45, 7) is 0.380. The predicted molar refractivity (Wildman–Crippen MR) is 75.2 cm³/mol. The van der Waals surface area contributed by atoms with Crippen molar-refractivity contribution in [3.63, 3.8) is 0 Å². The van der Waals surface area contributed by atoms with Crippen molar-refractivity contribution in [1.82, 2.24) is 0 Å². The second-order valence-corrected chi connectivity index (χ2v) is 4.70. The van der Waals surface area contributed by atoms with Gasteiger partial charge in [0, 0.05) is 17.1 Å². The molecule has 0 aliphatic carbocycles. The molecule has 1 amide bonds. The average molecular weight is 317 g/mol. The average Bonchev–Trinajstić information content (AvgIpc) is 2.28. The summed E-state index contributed by atoms with van der Waals surface area (Å²) in [6.07, 6.45) is 0.295. The fourth-order valence-corrected chi connectivity index (χ4v) is 1.77. The maximum atomic E-state index is 11.5. The molecule has 0 aliphatic heterocycles. The minimum Gasteiger partial charge on any atom is -0.389 e. The molecule has 92 valence electrons. The number of ether oxygens (including phenoxy) is 1. The molecular formula is C11H13BrN2O2S. The van der Waals surface area contributed by atoms with Crippen LogP contribution in [0.1, 0.15) is 12.0 Å².